The number of benzene rings is 1. The van der Waals surface area contributed by atoms with Crippen LogP contribution >= 0.6 is 11.3 Å². The van der Waals surface area contributed by atoms with Crippen LogP contribution in [0.2, 0.25) is 0 Å². The van der Waals surface area contributed by atoms with Crippen LogP contribution in [0.3, 0.4) is 0 Å². The van der Waals surface area contributed by atoms with Crippen molar-refractivity contribution in [3.05, 3.63) is 33.7 Å². The molecule has 1 heterocycles. The van der Waals surface area contributed by atoms with Gasteiger partial charge >= 0.3 is 0 Å². The first kappa shape index (κ1) is 12.6. The Morgan fingerprint density at radius 3 is 2.41 bits per heavy atom. The van der Waals surface area contributed by atoms with Crippen molar-refractivity contribution >= 4 is 21.4 Å². The Bertz CT molecular complexity index is 539. The molecule has 17 heavy (non-hydrogen) atoms. The number of rotatable bonds is 3. The van der Waals surface area contributed by atoms with Gasteiger partial charge in [0, 0.05) is 15.6 Å². The van der Waals surface area contributed by atoms with E-state index in [0.29, 0.717) is 6.04 Å². The normalized spacial score (nSPS) is 13.2. The zero-order chi connectivity index (χ0) is 12.6. The van der Waals surface area contributed by atoms with Gasteiger partial charge in [0.25, 0.3) is 0 Å². The second-order valence-electron chi connectivity index (χ2n) is 4.77. The molecule has 1 unspecified atom stereocenters. The molecule has 1 aromatic heterocycles. The van der Waals surface area contributed by atoms with E-state index in [1.54, 1.807) is 0 Å². The second-order valence-corrected chi connectivity index (χ2v) is 5.83. The molecule has 0 saturated heterocycles. The molecule has 0 spiro atoms. The first-order valence-electron chi connectivity index (χ1n) is 6.28. The van der Waals surface area contributed by atoms with Crippen LogP contribution in [0.25, 0.3) is 10.1 Å². The molecule has 1 N–H and O–H groups in total. The van der Waals surface area contributed by atoms with Crippen molar-refractivity contribution in [1.29, 1.82) is 0 Å². The van der Waals surface area contributed by atoms with Gasteiger partial charge in [0.05, 0.1) is 0 Å². The fraction of sp³-hybridized carbons (Fsp3) is 0.467. The molecule has 0 amide bonds. The van der Waals surface area contributed by atoms with Crippen LogP contribution in [0.15, 0.2) is 12.1 Å². The number of nitrogens with one attached hydrogen (secondary N) is 1. The molecule has 0 fully saturated rings. The maximum absolute atomic E-state index is 3.51. The van der Waals surface area contributed by atoms with Gasteiger partial charge in [0.2, 0.25) is 0 Å². The van der Waals surface area contributed by atoms with Crippen LogP contribution in [-0.4, -0.2) is 6.54 Å². The van der Waals surface area contributed by atoms with Gasteiger partial charge in [-0.25, -0.2) is 0 Å². The van der Waals surface area contributed by atoms with E-state index >= 15 is 0 Å². The minimum absolute atomic E-state index is 0.455. The largest absolute Gasteiger partial charge is 0.310 e. The topological polar surface area (TPSA) is 12.0 Å². The van der Waals surface area contributed by atoms with Gasteiger partial charge in [0.1, 0.15) is 0 Å². The fourth-order valence-corrected chi connectivity index (χ4v) is 3.88. The highest BCUT2D eigenvalue weighted by Gasteiger charge is 2.15. The summed E-state index contributed by atoms with van der Waals surface area (Å²) < 4.78 is 1.46. The molecule has 1 aromatic carbocycles. The molecule has 2 heteroatoms. The van der Waals surface area contributed by atoms with Crippen LogP contribution in [0.1, 0.15) is 41.5 Å². The Labute approximate surface area is 108 Å². The van der Waals surface area contributed by atoms with Gasteiger partial charge in [-0.1, -0.05) is 19.1 Å². The second kappa shape index (κ2) is 4.79. The molecule has 0 aliphatic heterocycles. The molecule has 92 valence electrons. The third-order valence-electron chi connectivity index (χ3n) is 3.42. The molecule has 1 atom stereocenters. The van der Waals surface area contributed by atoms with Gasteiger partial charge < -0.3 is 5.32 Å². The van der Waals surface area contributed by atoms with Crippen LogP contribution in [0.5, 0.6) is 0 Å². The summed E-state index contributed by atoms with van der Waals surface area (Å²) in [5, 5.41) is 4.98. The van der Waals surface area contributed by atoms with Crippen molar-refractivity contribution in [3.63, 3.8) is 0 Å². The Morgan fingerprint density at radius 2 is 1.82 bits per heavy atom. The van der Waals surface area contributed by atoms with Crippen molar-refractivity contribution in [2.45, 2.75) is 40.7 Å². The third kappa shape index (κ3) is 2.12. The predicted molar refractivity (Wildman–Crippen MR) is 78.1 cm³/mol. The van der Waals surface area contributed by atoms with Crippen molar-refractivity contribution in [2.75, 3.05) is 6.54 Å². The van der Waals surface area contributed by atoms with Crippen molar-refractivity contribution < 1.29 is 0 Å². The Balaban J connectivity index is 2.64. The first-order chi connectivity index (χ1) is 8.06. The van der Waals surface area contributed by atoms with E-state index in [4.69, 9.17) is 0 Å². The molecular weight excluding hydrogens is 226 g/mol. The summed E-state index contributed by atoms with van der Waals surface area (Å²) in [7, 11) is 0. The lowest BCUT2D eigenvalue weighted by Gasteiger charge is -2.11. The summed E-state index contributed by atoms with van der Waals surface area (Å²) in [6.07, 6.45) is 0. The van der Waals surface area contributed by atoms with Gasteiger partial charge in [0.15, 0.2) is 0 Å². The van der Waals surface area contributed by atoms with E-state index in [9.17, 15) is 0 Å². The highest BCUT2D eigenvalue weighted by molar-refractivity contribution is 7.19. The van der Waals surface area contributed by atoms with Crippen LogP contribution in [-0.2, 0) is 0 Å². The number of hydrogen-bond acceptors (Lipinski definition) is 2. The Hall–Kier alpha value is -0.860. The van der Waals surface area contributed by atoms with E-state index < -0.39 is 0 Å². The highest BCUT2D eigenvalue weighted by Crippen LogP contribution is 2.38. The van der Waals surface area contributed by atoms with Crippen molar-refractivity contribution in [2.24, 2.45) is 0 Å². The average molecular weight is 247 g/mol. The first-order valence-corrected chi connectivity index (χ1v) is 7.10. The van der Waals surface area contributed by atoms with Crippen LogP contribution < -0.4 is 5.32 Å². The van der Waals surface area contributed by atoms with Gasteiger partial charge in [-0.2, -0.15) is 0 Å². The minimum atomic E-state index is 0.455. The monoisotopic (exact) mass is 247 g/mol. The smallest absolute Gasteiger partial charge is 0.0389 e. The van der Waals surface area contributed by atoms with Crippen LogP contribution in [0.4, 0.5) is 0 Å². The van der Waals surface area contributed by atoms with Gasteiger partial charge in [-0.05, 0) is 56.3 Å². The maximum Gasteiger partial charge on any atom is 0.0389 e. The summed E-state index contributed by atoms with van der Waals surface area (Å²) in [5.74, 6) is 0. The standard InChI is InChI=1S/C15H21NS/c1-6-16-12(5)15-11(4)13-9(2)7-8-10(3)14(13)17-15/h7-8,12,16H,6H2,1-5H3. The molecular formula is C15H21NS. The van der Waals surface area contributed by atoms with E-state index in [2.05, 4.69) is 52.1 Å². The average Bonchev–Trinajstić information content (AvgIpc) is 2.63. The number of thiophene rings is 1. The van der Waals surface area contributed by atoms with Crippen molar-refractivity contribution in [3.8, 4) is 0 Å². The highest BCUT2D eigenvalue weighted by atomic mass is 32.1. The fourth-order valence-electron chi connectivity index (χ4n) is 2.50. The summed E-state index contributed by atoms with van der Waals surface area (Å²) in [6.45, 7) is 12.1. The zero-order valence-electron chi connectivity index (χ0n) is 11.3. The maximum atomic E-state index is 3.51. The SMILES string of the molecule is CCNC(C)c1sc2c(C)ccc(C)c2c1C. The predicted octanol–water partition coefficient (Wildman–Crippen LogP) is 4.50. The van der Waals surface area contributed by atoms with E-state index in [-0.39, 0.29) is 0 Å². The molecule has 0 aliphatic rings. The molecule has 0 saturated carbocycles. The van der Waals surface area contributed by atoms with E-state index in [1.165, 1.54) is 31.7 Å². The molecule has 2 aromatic rings. The van der Waals surface area contributed by atoms with Crippen LogP contribution in [0, 0.1) is 20.8 Å². The lowest BCUT2D eigenvalue weighted by Crippen LogP contribution is -2.17. The van der Waals surface area contributed by atoms with Gasteiger partial charge in [-0.15, -0.1) is 11.3 Å². The Kier molecular flexibility index (Phi) is 3.55. The molecule has 0 radical (unpaired) electrons. The molecule has 1 nitrogen and oxygen atoms in total. The van der Waals surface area contributed by atoms with E-state index in [1.807, 2.05) is 11.3 Å². The lowest BCUT2D eigenvalue weighted by molar-refractivity contribution is 0.605. The van der Waals surface area contributed by atoms with E-state index in [0.717, 1.165) is 6.54 Å². The molecule has 0 bridgehead atoms. The summed E-state index contributed by atoms with van der Waals surface area (Å²) >= 11 is 1.95. The number of hydrogen-bond donors (Lipinski definition) is 1. The van der Waals surface area contributed by atoms with Gasteiger partial charge in [-0.3, -0.25) is 0 Å². The lowest BCUT2D eigenvalue weighted by atomic mass is 10.0. The molecule has 2 rings (SSSR count). The summed E-state index contributed by atoms with van der Waals surface area (Å²) in [4.78, 5) is 1.49. The summed E-state index contributed by atoms with van der Waals surface area (Å²) in [5.41, 5.74) is 4.25. The minimum Gasteiger partial charge on any atom is -0.310 e. The number of aryl methyl sites for hydroxylation is 3. The summed E-state index contributed by atoms with van der Waals surface area (Å²) in [6, 6.07) is 4.92. The quantitative estimate of drug-likeness (QED) is 0.842. The zero-order valence-corrected chi connectivity index (χ0v) is 12.2. The third-order valence-corrected chi connectivity index (χ3v) is 5.03. The Morgan fingerprint density at radius 1 is 1.18 bits per heavy atom. The number of fused-ring (bicyclic) bond motifs is 1. The molecule has 0 aliphatic carbocycles. The van der Waals surface area contributed by atoms with Crippen molar-refractivity contribution in [1.82, 2.24) is 5.32 Å².